The van der Waals surface area contributed by atoms with Crippen LogP contribution >= 0.6 is 12.4 Å². The third-order valence-corrected chi connectivity index (χ3v) is 3.14. The lowest BCUT2D eigenvalue weighted by Gasteiger charge is -2.19. The van der Waals surface area contributed by atoms with E-state index in [1.165, 1.54) is 5.56 Å². The van der Waals surface area contributed by atoms with Crippen LogP contribution in [0.3, 0.4) is 0 Å². The van der Waals surface area contributed by atoms with Gasteiger partial charge in [0.05, 0.1) is 0 Å². The van der Waals surface area contributed by atoms with Crippen molar-refractivity contribution in [2.75, 3.05) is 6.54 Å². The van der Waals surface area contributed by atoms with E-state index in [0.717, 1.165) is 12.0 Å². The highest BCUT2D eigenvalue weighted by atomic mass is 35.5. The highest BCUT2D eigenvalue weighted by Gasteiger charge is 2.14. The summed E-state index contributed by atoms with van der Waals surface area (Å²) in [7, 11) is 0. The van der Waals surface area contributed by atoms with Gasteiger partial charge in [-0.2, -0.15) is 0 Å². The molecule has 0 aliphatic carbocycles. The topological polar surface area (TPSA) is 55.1 Å². The van der Waals surface area contributed by atoms with Gasteiger partial charge in [-0.15, -0.1) is 12.4 Å². The largest absolute Gasteiger partial charge is 0.348 e. The maximum Gasteiger partial charge on any atom is 0.251 e. The molecule has 0 aliphatic rings. The molecule has 1 unspecified atom stereocenters. The highest BCUT2D eigenvalue weighted by Crippen LogP contribution is 2.11. The zero-order chi connectivity index (χ0) is 13.7. The zero-order valence-electron chi connectivity index (χ0n) is 12.2. The Morgan fingerprint density at radius 2 is 1.89 bits per heavy atom. The summed E-state index contributed by atoms with van der Waals surface area (Å²) in [5.74, 6) is 0.493. The number of aryl methyl sites for hydroxylation is 2. The number of nitrogens with two attached hydrogens (primary N) is 1. The van der Waals surface area contributed by atoms with E-state index in [9.17, 15) is 4.79 Å². The van der Waals surface area contributed by atoms with Crippen LogP contribution < -0.4 is 11.1 Å². The molecule has 0 heterocycles. The van der Waals surface area contributed by atoms with Crippen molar-refractivity contribution in [3.05, 3.63) is 34.9 Å². The molecule has 1 aromatic rings. The Bertz CT molecular complexity index is 419. The molecule has 3 nitrogen and oxygen atoms in total. The number of halogens is 1. The summed E-state index contributed by atoms with van der Waals surface area (Å²) in [4.78, 5) is 12.1. The fraction of sp³-hybridized carbons (Fsp3) is 0.533. The van der Waals surface area contributed by atoms with Crippen molar-refractivity contribution in [1.82, 2.24) is 5.32 Å². The number of benzene rings is 1. The lowest BCUT2D eigenvalue weighted by atomic mass is 10.0. The van der Waals surface area contributed by atoms with Gasteiger partial charge < -0.3 is 11.1 Å². The molecule has 0 saturated carbocycles. The number of carbonyl (C=O) groups is 1. The fourth-order valence-electron chi connectivity index (χ4n) is 1.93. The molecule has 4 heteroatoms. The Labute approximate surface area is 122 Å². The molecule has 1 amide bonds. The van der Waals surface area contributed by atoms with E-state index in [0.29, 0.717) is 18.0 Å². The van der Waals surface area contributed by atoms with E-state index in [1.807, 2.05) is 32.0 Å². The summed E-state index contributed by atoms with van der Waals surface area (Å²) in [5.41, 5.74) is 8.73. The summed E-state index contributed by atoms with van der Waals surface area (Å²) in [6, 6.07) is 5.82. The molecule has 1 aromatic carbocycles. The molecule has 19 heavy (non-hydrogen) atoms. The van der Waals surface area contributed by atoms with E-state index in [-0.39, 0.29) is 24.4 Å². The standard InChI is InChI=1S/C15H24N2O.ClH/c1-10(2)7-14(9-16)17-15(18)13-6-5-11(3)12(4)8-13;/h5-6,8,10,14H,7,9,16H2,1-4H3,(H,17,18);1H. The molecule has 1 atom stereocenters. The Morgan fingerprint density at radius 1 is 1.26 bits per heavy atom. The predicted molar refractivity (Wildman–Crippen MR) is 82.9 cm³/mol. The predicted octanol–water partition coefficient (Wildman–Crippen LogP) is 2.83. The van der Waals surface area contributed by atoms with Crippen LogP contribution in [0, 0.1) is 19.8 Å². The molecule has 0 aromatic heterocycles. The van der Waals surface area contributed by atoms with Crippen LogP contribution in [0.15, 0.2) is 18.2 Å². The van der Waals surface area contributed by atoms with Gasteiger partial charge in [0.2, 0.25) is 0 Å². The van der Waals surface area contributed by atoms with Crippen molar-refractivity contribution >= 4 is 18.3 Å². The monoisotopic (exact) mass is 284 g/mol. The number of rotatable bonds is 5. The first-order valence-corrected chi connectivity index (χ1v) is 6.52. The van der Waals surface area contributed by atoms with Crippen LogP contribution in [0.5, 0.6) is 0 Å². The van der Waals surface area contributed by atoms with E-state index in [1.54, 1.807) is 0 Å². The smallest absolute Gasteiger partial charge is 0.251 e. The minimum Gasteiger partial charge on any atom is -0.348 e. The van der Waals surface area contributed by atoms with Gasteiger partial charge in [-0.25, -0.2) is 0 Å². The second-order valence-corrected chi connectivity index (χ2v) is 5.33. The van der Waals surface area contributed by atoms with Gasteiger partial charge in [-0.05, 0) is 49.4 Å². The van der Waals surface area contributed by atoms with Gasteiger partial charge in [-0.1, -0.05) is 19.9 Å². The second kappa shape index (κ2) is 8.18. The number of hydrogen-bond donors (Lipinski definition) is 2. The molecule has 1 rings (SSSR count). The minimum absolute atomic E-state index is 0. The average molecular weight is 285 g/mol. The quantitative estimate of drug-likeness (QED) is 0.873. The minimum atomic E-state index is -0.0331. The van der Waals surface area contributed by atoms with Crippen molar-refractivity contribution in [1.29, 1.82) is 0 Å². The summed E-state index contributed by atoms with van der Waals surface area (Å²) in [5, 5.41) is 3.00. The summed E-state index contributed by atoms with van der Waals surface area (Å²) >= 11 is 0. The van der Waals surface area contributed by atoms with Crippen LogP contribution in [-0.4, -0.2) is 18.5 Å². The van der Waals surface area contributed by atoms with Crippen molar-refractivity contribution in [2.24, 2.45) is 11.7 Å². The van der Waals surface area contributed by atoms with Gasteiger partial charge in [-0.3, -0.25) is 4.79 Å². The first kappa shape index (κ1) is 17.9. The van der Waals surface area contributed by atoms with E-state index >= 15 is 0 Å². The van der Waals surface area contributed by atoms with Crippen LogP contribution in [0.2, 0.25) is 0 Å². The maximum atomic E-state index is 12.1. The van der Waals surface area contributed by atoms with Crippen molar-refractivity contribution in [3.8, 4) is 0 Å². The first-order valence-electron chi connectivity index (χ1n) is 6.52. The first-order chi connectivity index (χ1) is 8.43. The van der Waals surface area contributed by atoms with E-state index in [2.05, 4.69) is 19.2 Å². The van der Waals surface area contributed by atoms with Gasteiger partial charge in [0, 0.05) is 18.2 Å². The lowest BCUT2D eigenvalue weighted by Crippen LogP contribution is -2.41. The second-order valence-electron chi connectivity index (χ2n) is 5.33. The third kappa shape index (κ3) is 5.62. The number of amides is 1. The SMILES string of the molecule is Cc1ccc(C(=O)NC(CN)CC(C)C)cc1C.Cl. The Balaban J connectivity index is 0.00000324. The fourth-order valence-corrected chi connectivity index (χ4v) is 1.93. The molecule has 0 saturated heterocycles. The highest BCUT2D eigenvalue weighted by molar-refractivity contribution is 5.94. The van der Waals surface area contributed by atoms with E-state index in [4.69, 9.17) is 5.73 Å². The van der Waals surface area contributed by atoms with Crippen LogP contribution in [-0.2, 0) is 0 Å². The van der Waals surface area contributed by atoms with Gasteiger partial charge in [0.1, 0.15) is 0 Å². The van der Waals surface area contributed by atoms with Crippen LogP contribution in [0.1, 0.15) is 41.8 Å². The summed E-state index contributed by atoms with van der Waals surface area (Å²) < 4.78 is 0. The maximum absolute atomic E-state index is 12.1. The molecule has 108 valence electrons. The molecule has 0 spiro atoms. The Hall–Kier alpha value is -1.06. The zero-order valence-corrected chi connectivity index (χ0v) is 13.0. The summed E-state index contributed by atoms with van der Waals surface area (Å²) in [6.07, 6.45) is 0.910. The molecule has 0 bridgehead atoms. The van der Waals surface area contributed by atoms with Gasteiger partial charge in [0.15, 0.2) is 0 Å². The summed E-state index contributed by atoms with van der Waals surface area (Å²) in [6.45, 7) is 8.80. The van der Waals surface area contributed by atoms with Crippen molar-refractivity contribution in [3.63, 3.8) is 0 Å². The molecule has 0 aliphatic heterocycles. The van der Waals surface area contributed by atoms with Gasteiger partial charge in [0.25, 0.3) is 5.91 Å². The van der Waals surface area contributed by atoms with Crippen molar-refractivity contribution < 1.29 is 4.79 Å². The molecular weight excluding hydrogens is 260 g/mol. The molecule has 3 N–H and O–H groups in total. The number of hydrogen-bond acceptors (Lipinski definition) is 2. The molecular formula is C15H25ClN2O. The number of carbonyl (C=O) groups excluding carboxylic acids is 1. The normalized spacial score (nSPS) is 11.9. The van der Waals surface area contributed by atoms with Crippen molar-refractivity contribution in [2.45, 2.75) is 40.2 Å². The average Bonchev–Trinajstić information content (AvgIpc) is 2.31. The van der Waals surface area contributed by atoms with Gasteiger partial charge >= 0.3 is 0 Å². The van der Waals surface area contributed by atoms with Crippen LogP contribution in [0.25, 0.3) is 0 Å². The molecule has 0 radical (unpaired) electrons. The van der Waals surface area contributed by atoms with Crippen LogP contribution in [0.4, 0.5) is 0 Å². The van der Waals surface area contributed by atoms with E-state index < -0.39 is 0 Å². The number of nitrogens with one attached hydrogen (secondary N) is 1. The lowest BCUT2D eigenvalue weighted by molar-refractivity contribution is 0.0933. The molecule has 0 fully saturated rings. The Morgan fingerprint density at radius 3 is 2.37 bits per heavy atom. The third-order valence-electron chi connectivity index (χ3n) is 3.14. The Kier molecular flexibility index (Phi) is 7.72.